The molecule has 94 valence electrons. The SMILES string of the molecule is CC(NCc1ncc[nH]1)c1ccc2c(c1)OCO2. The van der Waals surface area contributed by atoms with Gasteiger partial charge in [-0.25, -0.2) is 4.98 Å². The Morgan fingerprint density at radius 1 is 1.39 bits per heavy atom. The Balaban J connectivity index is 1.67. The number of hydrogen-bond donors (Lipinski definition) is 2. The number of H-pyrrole nitrogens is 1. The minimum atomic E-state index is 0.226. The topological polar surface area (TPSA) is 59.2 Å². The van der Waals surface area contributed by atoms with Gasteiger partial charge in [0.2, 0.25) is 6.79 Å². The van der Waals surface area contributed by atoms with Crippen LogP contribution in [0.4, 0.5) is 0 Å². The van der Waals surface area contributed by atoms with E-state index >= 15 is 0 Å². The van der Waals surface area contributed by atoms with Crippen molar-refractivity contribution in [1.29, 1.82) is 0 Å². The maximum Gasteiger partial charge on any atom is 0.231 e. The molecule has 1 atom stereocenters. The monoisotopic (exact) mass is 245 g/mol. The van der Waals surface area contributed by atoms with Crippen molar-refractivity contribution < 1.29 is 9.47 Å². The smallest absolute Gasteiger partial charge is 0.231 e. The average molecular weight is 245 g/mol. The predicted octanol–water partition coefficient (Wildman–Crippen LogP) is 1.99. The third-order valence-corrected chi connectivity index (χ3v) is 3.03. The second kappa shape index (κ2) is 4.70. The van der Waals surface area contributed by atoms with E-state index in [1.54, 1.807) is 6.20 Å². The Bertz CT molecular complexity index is 525. The lowest BCUT2D eigenvalue weighted by Crippen LogP contribution is -2.18. The van der Waals surface area contributed by atoms with E-state index in [1.165, 1.54) is 5.56 Å². The average Bonchev–Trinajstić information content (AvgIpc) is 3.05. The molecule has 1 aromatic carbocycles. The lowest BCUT2D eigenvalue weighted by molar-refractivity contribution is 0.174. The summed E-state index contributed by atoms with van der Waals surface area (Å²) < 4.78 is 10.7. The molecule has 2 N–H and O–H groups in total. The Morgan fingerprint density at radius 3 is 3.11 bits per heavy atom. The third kappa shape index (κ3) is 2.17. The van der Waals surface area contributed by atoms with E-state index in [9.17, 15) is 0 Å². The second-order valence-corrected chi connectivity index (χ2v) is 4.25. The van der Waals surface area contributed by atoms with E-state index in [1.807, 2.05) is 24.4 Å². The zero-order chi connectivity index (χ0) is 12.4. The van der Waals surface area contributed by atoms with Crippen molar-refractivity contribution in [3.8, 4) is 11.5 Å². The van der Waals surface area contributed by atoms with Crippen LogP contribution in [-0.2, 0) is 6.54 Å². The van der Waals surface area contributed by atoms with Gasteiger partial charge in [0.15, 0.2) is 11.5 Å². The molecule has 5 nitrogen and oxygen atoms in total. The number of aromatic amines is 1. The minimum Gasteiger partial charge on any atom is -0.454 e. The Kier molecular flexibility index (Phi) is 2.90. The van der Waals surface area contributed by atoms with Gasteiger partial charge in [-0.05, 0) is 24.6 Å². The molecular weight excluding hydrogens is 230 g/mol. The molecule has 0 fully saturated rings. The van der Waals surface area contributed by atoms with Gasteiger partial charge in [0.05, 0.1) is 6.54 Å². The van der Waals surface area contributed by atoms with Crippen LogP contribution in [0.15, 0.2) is 30.6 Å². The molecule has 0 radical (unpaired) electrons. The molecule has 1 unspecified atom stereocenters. The molecule has 0 spiro atoms. The number of imidazole rings is 1. The van der Waals surface area contributed by atoms with Crippen LogP contribution in [0.1, 0.15) is 24.4 Å². The minimum absolute atomic E-state index is 0.226. The zero-order valence-electron chi connectivity index (χ0n) is 10.1. The van der Waals surface area contributed by atoms with Gasteiger partial charge in [-0.3, -0.25) is 0 Å². The molecular formula is C13H15N3O2. The molecule has 0 amide bonds. The first-order valence-corrected chi connectivity index (χ1v) is 5.94. The van der Waals surface area contributed by atoms with Crippen LogP contribution in [-0.4, -0.2) is 16.8 Å². The highest BCUT2D eigenvalue weighted by molar-refractivity contribution is 5.45. The van der Waals surface area contributed by atoms with Crippen molar-refractivity contribution in [3.05, 3.63) is 42.0 Å². The number of benzene rings is 1. The van der Waals surface area contributed by atoms with Gasteiger partial charge in [-0.15, -0.1) is 0 Å². The summed E-state index contributed by atoms with van der Waals surface area (Å²) in [4.78, 5) is 7.24. The van der Waals surface area contributed by atoms with E-state index in [-0.39, 0.29) is 6.04 Å². The summed E-state index contributed by atoms with van der Waals surface area (Å²) in [6.07, 6.45) is 3.57. The van der Waals surface area contributed by atoms with Gasteiger partial charge < -0.3 is 19.8 Å². The molecule has 5 heteroatoms. The number of nitrogens with zero attached hydrogens (tertiary/aromatic N) is 1. The lowest BCUT2D eigenvalue weighted by Gasteiger charge is -2.13. The van der Waals surface area contributed by atoms with Gasteiger partial charge in [0.25, 0.3) is 0 Å². The van der Waals surface area contributed by atoms with Crippen LogP contribution in [0.2, 0.25) is 0 Å². The molecule has 0 bridgehead atoms. The highest BCUT2D eigenvalue weighted by Crippen LogP contribution is 2.34. The van der Waals surface area contributed by atoms with Crippen molar-refractivity contribution >= 4 is 0 Å². The molecule has 0 saturated heterocycles. The highest BCUT2D eigenvalue weighted by atomic mass is 16.7. The van der Waals surface area contributed by atoms with Crippen LogP contribution in [0.3, 0.4) is 0 Å². The van der Waals surface area contributed by atoms with Crippen LogP contribution < -0.4 is 14.8 Å². The first kappa shape index (κ1) is 11.1. The zero-order valence-corrected chi connectivity index (χ0v) is 10.1. The van der Waals surface area contributed by atoms with Gasteiger partial charge in [0, 0.05) is 18.4 Å². The third-order valence-electron chi connectivity index (χ3n) is 3.03. The molecule has 0 saturated carbocycles. The van der Waals surface area contributed by atoms with Crippen LogP contribution in [0.5, 0.6) is 11.5 Å². The van der Waals surface area contributed by atoms with Crippen molar-refractivity contribution in [3.63, 3.8) is 0 Å². The van der Waals surface area contributed by atoms with E-state index in [2.05, 4.69) is 22.2 Å². The first-order valence-electron chi connectivity index (χ1n) is 5.94. The molecule has 3 rings (SSSR count). The van der Waals surface area contributed by atoms with Crippen molar-refractivity contribution in [2.45, 2.75) is 19.5 Å². The molecule has 1 aliphatic heterocycles. The van der Waals surface area contributed by atoms with E-state index in [0.717, 1.165) is 17.3 Å². The fourth-order valence-corrected chi connectivity index (χ4v) is 1.94. The van der Waals surface area contributed by atoms with Crippen LogP contribution in [0, 0.1) is 0 Å². The van der Waals surface area contributed by atoms with Gasteiger partial charge in [-0.1, -0.05) is 6.07 Å². The number of ether oxygens (including phenoxy) is 2. The Hall–Kier alpha value is -2.01. The second-order valence-electron chi connectivity index (χ2n) is 4.25. The summed E-state index contributed by atoms with van der Waals surface area (Å²) in [5.74, 6) is 2.57. The number of rotatable bonds is 4. The molecule has 0 aliphatic carbocycles. The van der Waals surface area contributed by atoms with E-state index in [0.29, 0.717) is 13.3 Å². The summed E-state index contributed by atoms with van der Waals surface area (Å²) >= 11 is 0. The molecule has 2 aromatic rings. The van der Waals surface area contributed by atoms with Crippen molar-refractivity contribution in [1.82, 2.24) is 15.3 Å². The number of fused-ring (bicyclic) bond motifs is 1. The maximum absolute atomic E-state index is 5.37. The Labute approximate surface area is 105 Å². The summed E-state index contributed by atoms with van der Waals surface area (Å²) in [6.45, 7) is 3.13. The quantitative estimate of drug-likeness (QED) is 0.864. The van der Waals surface area contributed by atoms with E-state index < -0.39 is 0 Å². The van der Waals surface area contributed by atoms with Crippen molar-refractivity contribution in [2.75, 3.05) is 6.79 Å². The van der Waals surface area contributed by atoms with Crippen LogP contribution >= 0.6 is 0 Å². The largest absolute Gasteiger partial charge is 0.454 e. The van der Waals surface area contributed by atoms with Gasteiger partial charge in [0.1, 0.15) is 5.82 Å². The first-order chi connectivity index (χ1) is 8.83. The standard InChI is InChI=1S/C13H15N3O2/c1-9(16-7-13-14-4-5-15-13)10-2-3-11-12(6-10)18-8-17-11/h2-6,9,16H,7-8H2,1H3,(H,14,15). The summed E-state index contributed by atoms with van der Waals surface area (Å²) in [6, 6.07) is 6.24. The lowest BCUT2D eigenvalue weighted by atomic mass is 10.1. The Morgan fingerprint density at radius 2 is 2.28 bits per heavy atom. The van der Waals surface area contributed by atoms with Crippen molar-refractivity contribution in [2.24, 2.45) is 0 Å². The molecule has 1 aliphatic rings. The molecule has 2 heterocycles. The van der Waals surface area contributed by atoms with Gasteiger partial charge in [-0.2, -0.15) is 0 Å². The number of aromatic nitrogens is 2. The maximum atomic E-state index is 5.37. The van der Waals surface area contributed by atoms with Crippen LogP contribution in [0.25, 0.3) is 0 Å². The highest BCUT2D eigenvalue weighted by Gasteiger charge is 2.15. The summed E-state index contributed by atoms with van der Waals surface area (Å²) in [5, 5.41) is 3.40. The predicted molar refractivity (Wildman–Crippen MR) is 66.4 cm³/mol. The number of hydrogen-bond acceptors (Lipinski definition) is 4. The molecule has 1 aromatic heterocycles. The molecule has 18 heavy (non-hydrogen) atoms. The fourth-order valence-electron chi connectivity index (χ4n) is 1.94. The van der Waals surface area contributed by atoms with Gasteiger partial charge >= 0.3 is 0 Å². The normalized spacial score (nSPS) is 14.7. The summed E-state index contributed by atoms with van der Waals surface area (Å²) in [7, 11) is 0. The summed E-state index contributed by atoms with van der Waals surface area (Å²) in [5.41, 5.74) is 1.17. The number of nitrogens with one attached hydrogen (secondary N) is 2. The van der Waals surface area contributed by atoms with E-state index in [4.69, 9.17) is 9.47 Å². The fraction of sp³-hybridized carbons (Fsp3) is 0.308.